The van der Waals surface area contributed by atoms with Crippen LogP contribution < -0.4 is 23.8 Å². The first kappa shape index (κ1) is 20.5. The van der Waals surface area contributed by atoms with Gasteiger partial charge in [-0.25, -0.2) is 8.42 Å². The van der Waals surface area contributed by atoms with E-state index < -0.39 is 22.5 Å². The summed E-state index contributed by atoms with van der Waals surface area (Å²) in [6.45, 7) is -0.334. The third-order valence-corrected chi connectivity index (χ3v) is 6.28. The van der Waals surface area contributed by atoms with Crippen LogP contribution in [0.25, 0.3) is 0 Å². The van der Waals surface area contributed by atoms with E-state index in [9.17, 15) is 13.2 Å². The predicted molar refractivity (Wildman–Crippen MR) is 113 cm³/mol. The highest BCUT2D eigenvalue weighted by Crippen LogP contribution is 2.34. The lowest BCUT2D eigenvalue weighted by Gasteiger charge is -2.24. The van der Waals surface area contributed by atoms with Crippen molar-refractivity contribution in [3.63, 3.8) is 0 Å². The maximum atomic E-state index is 13.3. The summed E-state index contributed by atoms with van der Waals surface area (Å²) in [5.74, 6) is 1.12. The number of carbonyl (C=O) groups excluding carboxylic acids is 1. The number of amides is 1. The summed E-state index contributed by atoms with van der Waals surface area (Å²) in [6, 6.07) is 14.3. The van der Waals surface area contributed by atoms with E-state index in [0.717, 1.165) is 4.31 Å². The van der Waals surface area contributed by atoms with Crippen molar-refractivity contribution < 1.29 is 27.4 Å². The molecule has 0 radical (unpaired) electrons. The Morgan fingerprint density at radius 2 is 1.90 bits per heavy atom. The molecule has 1 aliphatic heterocycles. The van der Waals surface area contributed by atoms with Gasteiger partial charge in [-0.1, -0.05) is 0 Å². The van der Waals surface area contributed by atoms with E-state index in [-0.39, 0.29) is 11.7 Å². The smallest absolute Gasteiger partial charge is 0.266 e. The third-order valence-electron chi connectivity index (χ3n) is 4.53. The number of benzene rings is 2. The number of ether oxygens (including phenoxy) is 3. The molecule has 1 amide bonds. The van der Waals surface area contributed by atoms with E-state index in [1.165, 1.54) is 31.6 Å². The Balaban J connectivity index is 1.61. The maximum Gasteiger partial charge on any atom is 0.266 e. The van der Waals surface area contributed by atoms with E-state index in [4.69, 9.17) is 14.2 Å². The average molecular weight is 441 g/mol. The van der Waals surface area contributed by atoms with E-state index >= 15 is 0 Å². The van der Waals surface area contributed by atoms with Gasteiger partial charge in [-0.15, -0.1) is 0 Å². The lowest BCUT2D eigenvalue weighted by Crippen LogP contribution is -2.38. The molecule has 0 bridgehead atoms. The standard InChI is InChI=1S/C21H19N3O6S/c1-28-17-7-5-16(6-8-17)24(31(26,27)18-3-2-10-22-12-18)13-21(25)23-15-4-9-19-20(11-15)30-14-29-19/h2-12H,13-14H2,1H3,(H,23,25). The molecule has 1 N–H and O–H groups in total. The zero-order chi connectivity index (χ0) is 21.8. The second-order valence-electron chi connectivity index (χ2n) is 6.51. The Morgan fingerprint density at radius 1 is 1.13 bits per heavy atom. The maximum absolute atomic E-state index is 13.3. The van der Waals surface area contributed by atoms with Crippen LogP contribution in [0.1, 0.15) is 0 Å². The first-order valence-electron chi connectivity index (χ1n) is 9.24. The topological polar surface area (TPSA) is 107 Å². The molecule has 2 aromatic carbocycles. The van der Waals surface area contributed by atoms with Crippen molar-refractivity contribution in [2.45, 2.75) is 4.90 Å². The summed E-state index contributed by atoms with van der Waals surface area (Å²) >= 11 is 0. The number of fused-ring (bicyclic) bond motifs is 1. The second kappa shape index (κ2) is 8.52. The number of aromatic nitrogens is 1. The summed E-state index contributed by atoms with van der Waals surface area (Å²) in [7, 11) is -2.53. The van der Waals surface area contributed by atoms with Crippen LogP contribution in [0.2, 0.25) is 0 Å². The zero-order valence-electron chi connectivity index (χ0n) is 16.5. The van der Waals surface area contributed by atoms with E-state index in [0.29, 0.717) is 28.6 Å². The quantitative estimate of drug-likeness (QED) is 0.601. The summed E-state index contributed by atoms with van der Waals surface area (Å²) in [5.41, 5.74) is 0.771. The SMILES string of the molecule is COc1ccc(N(CC(=O)Nc2ccc3c(c2)OCO3)S(=O)(=O)c2cccnc2)cc1. The van der Waals surface area contributed by atoms with Crippen LogP contribution in [0.15, 0.2) is 71.9 Å². The Labute approximate surface area is 179 Å². The molecule has 0 spiro atoms. The summed E-state index contributed by atoms with van der Waals surface area (Å²) in [5, 5.41) is 2.70. The summed E-state index contributed by atoms with van der Waals surface area (Å²) in [6.07, 6.45) is 2.71. The van der Waals surface area contributed by atoms with Gasteiger partial charge in [0.25, 0.3) is 10.0 Å². The number of rotatable bonds is 7. The van der Waals surface area contributed by atoms with Gasteiger partial charge >= 0.3 is 0 Å². The van der Waals surface area contributed by atoms with Crippen molar-refractivity contribution >= 4 is 27.3 Å². The second-order valence-corrected chi connectivity index (χ2v) is 8.38. The first-order valence-corrected chi connectivity index (χ1v) is 10.7. The van der Waals surface area contributed by atoms with Crippen LogP contribution in [0, 0.1) is 0 Å². The van der Waals surface area contributed by atoms with Gasteiger partial charge in [0.1, 0.15) is 17.2 Å². The van der Waals surface area contributed by atoms with Gasteiger partial charge in [-0.05, 0) is 48.5 Å². The molecule has 1 aromatic heterocycles. The lowest BCUT2D eigenvalue weighted by molar-refractivity contribution is -0.114. The number of anilines is 2. The molecule has 0 saturated heterocycles. The number of carbonyl (C=O) groups is 1. The number of methoxy groups -OCH3 is 1. The largest absolute Gasteiger partial charge is 0.497 e. The molecule has 0 fully saturated rings. The zero-order valence-corrected chi connectivity index (χ0v) is 17.3. The van der Waals surface area contributed by atoms with E-state index in [1.54, 1.807) is 42.5 Å². The number of hydrogen-bond donors (Lipinski definition) is 1. The molecule has 4 rings (SSSR count). The predicted octanol–water partition coefficient (Wildman–Crippen LogP) is 2.65. The Hall–Kier alpha value is -3.79. The molecule has 0 aliphatic carbocycles. The van der Waals surface area contributed by atoms with Crippen molar-refractivity contribution in [1.82, 2.24) is 4.98 Å². The molecule has 9 nitrogen and oxygen atoms in total. The molecule has 0 atom stereocenters. The highest BCUT2D eigenvalue weighted by Gasteiger charge is 2.27. The number of pyridine rings is 1. The molecule has 0 saturated carbocycles. The molecule has 0 unspecified atom stereocenters. The van der Waals surface area contributed by atoms with Crippen LogP contribution in [-0.4, -0.2) is 39.8 Å². The van der Waals surface area contributed by atoms with Gasteiger partial charge in [-0.3, -0.25) is 14.1 Å². The highest BCUT2D eigenvalue weighted by molar-refractivity contribution is 7.92. The average Bonchev–Trinajstić information content (AvgIpc) is 3.26. The normalized spacial score (nSPS) is 12.3. The third kappa shape index (κ3) is 4.38. The molecular weight excluding hydrogens is 422 g/mol. The Bertz CT molecular complexity index is 1180. The minimum absolute atomic E-state index is 0.0262. The molecule has 31 heavy (non-hydrogen) atoms. The van der Waals surface area contributed by atoms with Crippen molar-refractivity contribution in [2.24, 2.45) is 0 Å². The monoisotopic (exact) mass is 441 g/mol. The fourth-order valence-electron chi connectivity index (χ4n) is 3.00. The summed E-state index contributed by atoms with van der Waals surface area (Å²) in [4.78, 5) is 16.6. The molecular formula is C21H19N3O6S. The van der Waals surface area contributed by atoms with E-state index in [1.807, 2.05) is 0 Å². The van der Waals surface area contributed by atoms with Crippen molar-refractivity contribution in [3.05, 3.63) is 67.0 Å². The molecule has 1 aliphatic rings. The van der Waals surface area contributed by atoms with Gasteiger partial charge in [0.2, 0.25) is 12.7 Å². The van der Waals surface area contributed by atoms with Crippen molar-refractivity contribution in [3.8, 4) is 17.2 Å². The van der Waals surface area contributed by atoms with Crippen LogP contribution in [0.5, 0.6) is 17.2 Å². The Kier molecular flexibility index (Phi) is 5.63. The first-order chi connectivity index (χ1) is 15.0. The molecule has 3 aromatic rings. The van der Waals surface area contributed by atoms with Gasteiger partial charge < -0.3 is 19.5 Å². The minimum Gasteiger partial charge on any atom is -0.497 e. The van der Waals surface area contributed by atoms with Crippen LogP contribution in [0.3, 0.4) is 0 Å². The summed E-state index contributed by atoms with van der Waals surface area (Å²) < 4.78 is 43.3. The number of nitrogens with zero attached hydrogens (tertiary/aromatic N) is 2. The fourth-order valence-corrected chi connectivity index (χ4v) is 4.38. The Morgan fingerprint density at radius 3 is 2.61 bits per heavy atom. The fraction of sp³-hybridized carbons (Fsp3) is 0.143. The molecule has 2 heterocycles. The van der Waals surface area contributed by atoms with Crippen LogP contribution in [0.4, 0.5) is 11.4 Å². The van der Waals surface area contributed by atoms with Gasteiger partial charge in [0.15, 0.2) is 11.5 Å². The number of nitrogens with one attached hydrogen (secondary N) is 1. The van der Waals surface area contributed by atoms with Crippen molar-refractivity contribution in [2.75, 3.05) is 30.1 Å². The molecule has 10 heteroatoms. The van der Waals surface area contributed by atoms with Crippen LogP contribution in [-0.2, 0) is 14.8 Å². The lowest BCUT2D eigenvalue weighted by atomic mass is 10.2. The number of sulfonamides is 1. The minimum atomic E-state index is -4.05. The van der Waals surface area contributed by atoms with Gasteiger partial charge in [0, 0.05) is 24.1 Å². The molecule has 160 valence electrons. The van der Waals surface area contributed by atoms with Gasteiger partial charge in [-0.2, -0.15) is 0 Å². The van der Waals surface area contributed by atoms with Gasteiger partial charge in [0.05, 0.1) is 12.8 Å². The van der Waals surface area contributed by atoms with Crippen molar-refractivity contribution in [1.29, 1.82) is 0 Å². The number of hydrogen-bond acceptors (Lipinski definition) is 7. The highest BCUT2D eigenvalue weighted by atomic mass is 32.2. The van der Waals surface area contributed by atoms with Crippen LogP contribution >= 0.6 is 0 Å². The van der Waals surface area contributed by atoms with E-state index in [2.05, 4.69) is 10.3 Å².